The summed E-state index contributed by atoms with van der Waals surface area (Å²) in [5.74, 6) is 2.01. The summed E-state index contributed by atoms with van der Waals surface area (Å²) in [5.41, 5.74) is 4.28. The van der Waals surface area contributed by atoms with E-state index in [1.807, 2.05) is 44.4 Å². The van der Waals surface area contributed by atoms with E-state index in [0.29, 0.717) is 23.4 Å². The maximum atomic E-state index is 12.4. The monoisotopic (exact) mass is 537 g/mol. The van der Waals surface area contributed by atoms with Gasteiger partial charge in [-0.1, -0.05) is 19.4 Å². The number of imidazole rings is 1. The van der Waals surface area contributed by atoms with Crippen LogP contribution in [0.1, 0.15) is 69.8 Å². The first-order chi connectivity index (χ1) is 18.9. The maximum absolute atomic E-state index is 12.4. The van der Waals surface area contributed by atoms with Gasteiger partial charge in [0.15, 0.2) is 0 Å². The molecule has 1 aliphatic rings. The summed E-state index contributed by atoms with van der Waals surface area (Å²) in [4.78, 5) is 24.6. The minimum atomic E-state index is -0.486. The molecule has 1 amide bonds. The quantitative estimate of drug-likeness (QED) is 0.318. The lowest BCUT2D eigenvalue weighted by molar-refractivity contribution is 0.115. The number of nitrogens with one attached hydrogen (secondary N) is 1. The number of aromatic nitrogens is 3. The van der Waals surface area contributed by atoms with Gasteiger partial charge in [0.05, 0.1) is 36.3 Å². The number of benzene rings is 1. The van der Waals surface area contributed by atoms with Gasteiger partial charge in [-0.3, -0.25) is 14.7 Å². The van der Waals surface area contributed by atoms with Crippen molar-refractivity contribution in [2.45, 2.75) is 77.4 Å². The van der Waals surface area contributed by atoms with Gasteiger partial charge >= 0.3 is 6.09 Å². The molecule has 1 saturated carbocycles. The lowest BCUT2D eigenvalue weighted by atomic mass is 9.85. The van der Waals surface area contributed by atoms with Gasteiger partial charge < -0.3 is 19.1 Å². The average Bonchev–Trinajstić information content (AvgIpc) is 3.33. The van der Waals surface area contributed by atoms with Gasteiger partial charge in [-0.05, 0) is 65.1 Å². The fraction of sp³-hybridized carbons (Fsp3) is 0.567. The molecule has 212 valence electrons. The van der Waals surface area contributed by atoms with Gasteiger partial charge in [0.1, 0.15) is 17.7 Å². The first-order valence-electron chi connectivity index (χ1n) is 14.0. The molecule has 9 heteroatoms. The van der Waals surface area contributed by atoms with Crippen molar-refractivity contribution in [3.05, 3.63) is 42.1 Å². The molecule has 1 fully saturated rings. The highest BCUT2D eigenvalue weighted by atomic mass is 16.6. The SMILES string of the molecule is CCCC(C)OC(=O)Nc1ccc(-c2nc(C3CCC(N(C)CCOC)CC3)n3ccnc(C)c23)cc1OC. The van der Waals surface area contributed by atoms with Crippen LogP contribution in [0.4, 0.5) is 10.5 Å². The van der Waals surface area contributed by atoms with Crippen molar-refractivity contribution >= 4 is 17.3 Å². The van der Waals surface area contributed by atoms with Crippen LogP contribution >= 0.6 is 0 Å². The summed E-state index contributed by atoms with van der Waals surface area (Å²) in [6.45, 7) is 7.69. The number of hydrogen-bond donors (Lipinski definition) is 1. The molecular formula is C30H43N5O4. The molecule has 3 aromatic rings. The molecule has 1 N–H and O–H groups in total. The van der Waals surface area contributed by atoms with Crippen LogP contribution in [0.3, 0.4) is 0 Å². The largest absolute Gasteiger partial charge is 0.495 e. The molecule has 0 radical (unpaired) electrons. The summed E-state index contributed by atoms with van der Waals surface area (Å²) in [7, 11) is 5.55. The highest BCUT2D eigenvalue weighted by molar-refractivity contribution is 5.89. The van der Waals surface area contributed by atoms with E-state index in [1.165, 1.54) is 0 Å². The number of aryl methyl sites for hydroxylation is 1. The van der Waals surface area contributed by atoms with E-state index in [2.05, 4.69) is 33.6 Å². The number of methoxy groups -OCH3 is 2. The molecule has 39 heavy (non-hydrogen) atoms. The summed E-state index contributed by atoms with van der Waals surface area (Å²) in [6.07, 6.45) is 9.46. The molecule has 1 aliphatic carbocycles. The smallest absolute Gasteiger partial charge is 0.412 e. The summed E-state index contributed by atoms with van der Waals surface area (Å²) < 4.78 is 18.6. The number of likely N-dealkylation sites (N-methyl/N-ethyl adjacent to an activating group) is 1. The van der Waals surface area contributed by atoms with Crippen molar-refractivity contribution in [1.82, 2.24) is 19.3 Å². The molecule has 2 heterocycles. The van der Waals surface area contributed by atoms with Gasteiger partial charge in [0.25, 0.3) is 0 Å². The van der Waals surface area contributed by atoms with Crippen LogP contribution < -0.4 is 10.1 Å². The second-order valence-electron chi connectivity index (χ2n) is 10.6. The van der Waals surface area contributed by atoms with Crippen LogP contribution in [-0.2, 0) is 9.47 Å². The van der Waals surface area contributed by atoms with E-state index in [-0.39, 0.29) is 6.10 Å². The maximum Gasteiger partial charge on any atom is 0.412 e. The van der Waals surface area contributed by atoms with Crippen LogP contribution in [-0.4, -0.2) is 71.9 Å². The van der Waals surface area contributed by atoms with E-state index in [4.69, 9.17) is 19.2 Å². The Labute approximate surface area is 231 Å². The summed E-state index contributed by atoms with van der Waals surface area (Å²) in [5, 5.41) is 2.82. The Hall–Kier alpha value is -3.17. The third kappa shape index (κ3) is 6.70. The summed E-state index contributed by atoms with van der Waals surface area (Å²) >= 11 is 0. The molecule has 0 spiro atoms. The van der Waals surface area contributed by atoms with E-state index in [0.717, 1.165) is 80.0 Å². The molecule has 2 aromatic heterocycles. The normalized spacial score (nSPS) is 18.3. The number of amides is 1. The predicted molar refractivity (Wildman–Crippen MR) is 154 cm³/mol. The number of carbonyl (C=O) groups excluding carboxylic acids is 1. The fourth-order valence-corrected chi connectivity index (χ4v) is 5.63. The standard InChI is InChI=1S/C30H43N5O4/c1-7-8-20(2)39-30(36)32-25-14-11-23(19-26(25)38-6)27-28-21(3)31-15-16-35(28)29(33-27)22-9-12-24(13-10-22)34(4)17-18-37-5/h11,14-16,19-20,22,24H,7-10,12-13,17-18H2,1-6H3,(H,32,36). The average molecular weight is 538 g/mol. The topological polar surface area (TPSA) is 90.2 Å². The Morgan fingerprint density at radius 2 is 2.00 bits per heavy atom. The number of hydrogen-bond acceptors (Lipinski definition) is 7. The Bertz CT molecular complexity index is 1250. The van der Waals surface area contributed by atoms with Crippen LogP contribution in [0.5, 0.6) is 5.75 Å². The van der Waals surface area contributed by atoms with Gasteiger partial charge in [0, 0.05) is 43.6 Å². The Morgan fingerprint density at radius 1 is 1.23 bits per heavy atom. The van der Waals surface area contributed by atoms with Crippen LogP contribution in [0.25, 0.3) is 16.8 Å². The number of nitrogens with zero attached hydrogens (tertiary/aromatic N) is 4. The number of anilines is 1. The fourth-order valence-electron chi connectivity index (χ4n) is 5.63. The van der Waals surface area contributed by atoms with Gasteiger partial charge in [-0.25, -0.2) is 9.78 Å². The van der Waals surface area contributed by atoms with E-state index in [9.17, 15) is 4.79 Å². The van der Waals surface area contributed by atoms with Crippen molar-refractivity contribution < 1.29 is 19.0 Å². The molecule has 0 saturated heterocycles. The molecule has 0 bridgehead atoms. The van der Waals surface area contributed by atoms with Gasteiger partial charge in [0.2, 0.25) is 0 Å². The van der Waals surface area contributed by atoms with Gasteiger partial charge in [-0.15, -0.1) is 0 Å². The zero-order valence-corrected chi connectivity index (χ0v) is 24.2. The number of fused-ring (bicyclic) bond motifs is 1. The third-order valence-corrected chi connectivity index (χ3v) is 7.81. The summed E-state index contributed by atoms with van der Waals surface area (Å²) in [6, 6.07) is 6.31. The molecule has 1 aromatic carbocycles. The highest BCUT2D eigenvalue weighted by Crippen LogP contribution is 2.39. The number of rotatable bonds is 11. The Balaban J connectivity index is 1.59. The van der Waals surface area contributed by atoms with Crippen molar-refractivity contribution in [1.29, 1.82) is 0 Å². The van der Waals surface area contributed by atoms with E-state index < -0.39 is 6.09 Å². The zero-order chi connectivity index (χ0) is 27.9. The van der Waals surface area contributed by atoms with Crippen molar-refractivity contribution in [3.8, 4) is 17.0 Å². The molecule has 0 aliphatic heterocycles. The predicted octanol–water partition coefficient (Wildman–Crippen LogP) is 6.05. The highest BCUT2D eigenvalue weighted by Gasteiger charge is 2.29. The first kappa shape index (κ1) is 28.8. The second-order valence-corrected chi connectivity index (χ2v) is 10.6. The van der Waals surface area contributed by atoms with E-state index >= 15 is 0 Å². The molecule has 1 unspecified atom stereocenters. The van der Waals surface area contributed by atoms with Crippen LogP contribution in [0, 0.1) is 6.92 Å². The molecule has 4 rings (SSSR count). The molecule has 9 nitrogen and oxygen atoms in total. The Kier molecular flexibility index (Phi) is 9.80. The lowest BCUT2D eigenvalue weighted by Crippen LogP contribution is -2.37. The van der Waals surface area contributed by atoms with E-state index in [1.54, 1.807) is 14.2 Å². The van der Waals surface area contributed by atoms with Crippen LogP contribution in [0.15, 0.2) is 30.6 Å². The molecule has 1 atom stereocenters. The van der Waals surface area contributed by atoms with Gasteiger partial charge in [-0.2, -0.15) is 0 Å². The zero-order valence-electron chi connectivity index (χ0n) is 24.2. The first-order valence-corrected chi connectivity index (χ1v) is 14.0. The Morgan fingerprint density at radius 3 is 2.69 bits per heavy atom. The van der Waals surface area contributed by atoms with Crippen LogP contribution in [0.2, 0.25) is 0 Å². The number of carbonyl (C=O) groups is 1. The molecular weight excluding hydrogens is 494 g/mol. The lowest BCUT2D eigenvalue weighted by Gasteiger charge is -2.34. The van der Waals surface area contributed by atoms with Crippen molar-refractivity contribution in [3.63, 3.8) is 0 Å². The van der Waals surface area contributed by atoms with Crippen molar-refractivity contribution in [2.75, 3.05) is 39.7 Å². The number of ether oxygens (including phenoxy) is 3. The second kappa shape index (κ2) is 13.3. The minimum Gasteiger partial charge on any atom is -0.495 e. The minimum absolute atomic E-state index is 0.146. The third-order valence-electron chi connectivity index (χ3n) is 7.81. The van der Waals surface area contributed by atoms with Crippen molar-refractivity contribution in [2.24, 2.45) is 0 Å².